The number of piperidine rings is 1. The Morgan fingerprint density at radius 2 is 1.90 bits per heavy atom. The molecule has 0 aromatic heterocycles. The summed E-state index contributed by atoms with van der Waals surface area (Å²) in [4.78, 5) is 2.50. The molecule has 1 aromatic carbocycles. The van der Waals surface area contributed by atoms with Gasteiger partial charge in [-0.3, -0.25) is 0 Å². The van der Waals surface area contributed by atoms with Crippen molar-refractivity contribution in [3.63, 3.8) is 0 Å². The molecule has 1 fully saturated rings. The first-order valence-electron chi connectivity index (χ1n) is 8.18. The van der Waals surface area contributed by atoms with Crippen LogP contribution in [0.2, 0.25) is 0 Å². The standard InChI is InChI=1S/C18H30N2O/c1-13(2)21-18-9-16(10-19-5)6-7-17(18)20-11-14(3)8-15(4)12-20/h6-7,9,13-15,19H,8,10-12H2,1-5H3. The van der Waals surface area contributed by atoms with Crippen molar-refractivity contribution in [1.82, 2.24) is 5.32 Å². The Labute approximate surface area is 129 Å². The van der Waals surface area contributed by atoms with Gasteiger partial charge in [-0.15, -0.1) is 0 Å². The van der Waals surface area contributed by atoms with Gasteiger partial charge in [0.1, 0.15) is 5.75 Å². The average Bonchev–Trinajstić information content (AvgIpc) is 2.37. The first-order valence-corrected chi connectivity index (χ1v) is 8.18. The Bertz CT molecular complexity index is 449. The Kier molecular flexibility index (Phi) is 5.51. The van der Waals surface area contributed by atoms with Crippen LogP contribution in [0.25, 0.3) is 0 Å². The van der Waals surface area contributed by atoms with Gasteiger partial charge in [-0.25, -0.2) is 0 Å². The van der Waals surface area contributed by atoms with E-state index in [1.54, 1.807) is 0 Å². The second-order valence-electron chi connectivity index (χ2n) is 6.85. The molecule has 1 N–H and O–H groups in total. The van der Waals surface area contributed by atoms with Gasteiger partial charge in [-0.1, -0.05) is 19.9 Å². The first-order chi connectivity index (χ1) is 9.99. The van der Waals surface area contributed by atoms with E-state index < -0.39 is 0 Å². The lowest BCUT2D eigenvalue weighted by Crippen LogP contribution is -2.39. The van der Waals surface area contributed by atoms with Gasteiger partial charge in [-0.2, -0.15) is 0 Å². The molecule has 0 aliphatic carbocycles. The third-order valence-corrected chi connectivity index (χ3v) is 3.98. The van der Waals surface area contributed by atoms with Crippen molar-refractivity contribution in [3.8, 4) is 5.75 Å². The zero-order chi connectivity index (χ0) is 15.4. The van der Waals surface area contributed by atoms with Crippen molar-refractivity contribution in [1.29, 1.82) is 0 Å². The normalized spacial score (nSPS) is 22.7. The number of anilines is 1. The first kappa shape index (κ1) is 16.2. The van der Waals surface area contributed by atoms with E-state index in [0.717, 1.165) is 37.2 Å². The Morgan fingerprint density at radius 3 is 2.48 bits per heavy atom. The summed E-state index contributed by atoms with van der Waals surface area (Å²) in [5, 5.41) is 3.21. The molecule has 0 bridgehead atoms. The zero-order valence-electron chi connectivity index (χ0n) is 14.1. The highest BCUT2D eigenvalue weighted by molar-refractivity contribution is 5.60. The highest BCUT2D eigenvalue weighted by Gasteiger charge is 2.24. The van der Waals surface area contributed by atoms with E-state index in [2.05, 4.69) is 56.1 Å². The van der Waals surface area contributed by atoms with Crippen LogP contribution in [0.4, 0.5) is 5.69 Å². The van der Waals surface area contributed by atoms with Crippen molar-refractivity contribution in [2.45, 2.75) is 46.8 Å². The van der Waals surface area contributed by atoms with Crippen molar-refractivity contribution in [2.24, 2.45) is 11.8 Å². The molecule has 3 nitrogen and oxygen atoms in total. The van der Waals surface area contributed by atoms with Crippen LogP contribution in [0.3, 0.4) is 0 Å². The van der Waals surface area contributed by atoms with Gasteiger partial charge in [0.15, 0.2) is 0 Å². The van der Waals surface area contributed by atoms with Gasteiger partial charge in [0.25, 0.3) is 0 Å². The molecule has 1 saturated heterocycles. The average molecular weight is 290 g/mol. The zero-order valence-corrected chi connectivity index (χ0v) is 14.1. The molecule has 1 aliphatic rings. The monoisotopic (exact) mass is 290 g/mol. The predicted octanol–water partition coefficient (Wildman–Crippen LogP) is 3.68. The molecule has 0 amide bonds. The number of hydrogen-bond acceptors (Lipinski definition) is 3. The maximum atomic E-state index is 6.09. The molecule has 0 spiro atoms. The Hall–Kier alpha value is -1.22. The molecule has 3 heteroatoms. The topological polar surface area (TPSA) is 24.5 Å². The van der Waals surface area contributed by atoms with Crippen molar-refractivity contribution in [3.05, 3.63) is 23.8 Å². The number of ether oxygens (including phenoxy) is 1. The van der Waals surface area contributed by atoms with Gasteiger partial charge >= 0.3 is 0 Å². The third kappa shape index (κ3) is 4.37. The number of hydrogen-bond donors (Lipinski definition) is 1. The SMILES string of the molecule is CNCc1ccc(N2CC(C)CC(C)C2)c(OC(C)C)c1. The molecule has 0 saturated carbocycles. The van der Waals surface area contributed by atoms with Crippen LogP contribution in [0.5, 0.6) is 5.75 Å². The van der Waals surface area contributed by atoms with E-state index in [-0.39, 0.29) is 6.10 Å². The lowest BCUT2D eigenvalue weighted by molar-refractivity contribution is 0.241. The fraction of sp³-hybridized carbons (Fsp3) is 0.667. The van der Waals surface area contributed by atoms with E-state index in [0.29, 0.717) is 0 Å². The molecule has 21 heavy (non-hydrogen) atoms. The Balaban J connectivity index is 2.27. The third-order valence-electron chi connectivity index (χ3n) is 3.98. The van der Waals surface area contributed by atoms with Gasteiger partial charge in [0.2, 0.25) is 0 Å². The van der Waals surface area contributed by atoms with Crippen LogP contribution < -0.4 is 15.0 Å². The van der Waals surface area contributed by atoms with Crippen LogP contribution in [0, 0.1) is 11.8 Å². The second-order valence-corrected chi connectivity index (χ2v) is 6.85. The quantitative estimate of drug-likeness (QED) is 0.895. The molecule has 2 rings (SSSR count). The van der Waals surface area contributed by atoms with Crippen LogP contribution >= 0.6 is 0 Å². The second kappa shape index (κ2) is 7.17. The maximum absolute atomic E-state index is 6.09. The lowest BCUT2D eigenvalue weighted by Gasteiger charge is -2.37. The van der Waals surface area contributed by atoms with E-state index in [1.807, 2.05) is 7.05 Å². The maximum Gasteiger partial charge on any atom is 0.143 e. The highest BCUT2D eigenvalue weighted by atomic mass is 16.5. The largest absolute Gasteiger partial charge is 0.489 e. The molecule has 2 unspecified atom stereocenters. The van der Waals surface area contributed by atoms with Gasteiger partial charge in [-0.05, 0) is 56.8 Å². The van der Waals surface area contributed by atoms with Crippen LogP contribution in [0.15, 0.2) is 18.2 Å². The summed E-state index contributed by atoms with van der Waals surface area (Å²) in [6.07, 6.45) is 1.53. The predicted molar refractivity (Wildman–Crippen MR) is 90.1 cm³/mol. The minimum Gasteiger partial charge on any atom is -0.489 e. The summed E-state index contributed by atoms with van der Waals surface area (Å²) < 4.78 is 6.09. The fourth-order valence-corrected chi connectivity index (χ4v) is 3.34. The molecule has 1 aromatic rings. The van der Waals surface area contributed by atoms with Gasteiger partial charge < -0.3 is 15.0 Å². The molecule has 0 radical (unpaired) electrons. The van der Waals surface area contributed by atoms with Crippen LogP contribution in [-0.2, 0) is 6.54 Å². The molecule has 118 valence electrons. The van der Waals surface area contributed by atoms with Crippen molar-refractivity contribution >= 4 is 5.69 Å². The lowest BCUT2D eigenvalue weighted by atomic mass is 9.91. The summed E-state index contributed by atoms with van der Waals surface area (Å²) in [5.41, 5.74) is 2.52. The summed E-state index contributed by atoms with van der Waals surface area (Å²) in [7, 11) is 1.98. The molecular weight excluding hydrogens is 260 g/mol. The highest BCUT2D eigenvalue weighted by Crippen LogP contribution is 2.34. The van der Waals surface area contributed by atoms with Gasteiger partial charge in [0.05, 0.1) is 11.8 Å². The summed E-state index contributed by atoms with van der Waals surface area (Å²) in [6, 6.07) is 6.63. The van der Waals surface area contributed by atoms with Crippen LogP contribution in [0.1, 0.15) is 39.7 Å². The van der Waals surface area contributed by atoms with Crippen molar-refractivity contribution in [2.75, 3.05) is 25.0 Å². The number of benzene rings is 1. The van der Waals surface area contributed by atoms with E-state index >= 15 is 0 Å². The summed E-state index contributed by atoms with van der Waals surface area (Å²) in [6.45, 7) is 12.0. The fourth-order valence-electron chi connectivity index (χ4n) is 3.34. The molecular formula is C18H30N2O. The number of nitrogens with one attached hydrogen (secondary N) is 1. The van der Waals surface area contributed by atoms with E-state index in [4.69, 9.17) is 4.74 Å². The Morgan fingerprint density at radius 1 is 1.24 bits per heavy atom. The summed E-state index contributed by atoms with van der Waals surface area (Å²) >= 11 is 0. The van der Waals surface area contributed by atoms with Crippen LogP contribution in [-0.4, -0.2) is 26.2 Å². The van der Waals surface area contributed by atoms with Gasteiger partial charge in [0, 0.05) is 19.6 Å². The molecule has 2 atom stereocenters. The minimum absolute atomic E-state index is 0.202. The smallest absolute Gasteiger partial charge is 0.143 e. The van der Waals surface area contributed by atoms with E-state index in [9.17, 15) is 0 Å². The molecule has 1 aliphatic heterocycles. The minimum atomic E-state index is 0.202. The number of rotatable bonds is 5. The number of nitrogens with zero attached hydrogens (tertiary/aromatic N) is 1. The van der Waals surface area contributed by atoms with E-state index in [1.165, 1.54) is 17.7 Å². The molecule has 1 heterocycles. The summed E-state index contributed by atoms with van der Waals surface area (Å²) in [5.74, 6) is 2.52. The van der Waals surface area contributed by atoms with Crippen molar-refractivity contribution < 1.29 is 4.74 Å².